The quantitative estimate of drug-likeness (QED) is 0.845. The molecule has 0 atom stereocenters. The van der Waals surface area contributed by atoms with E-state index < -0.39 is 0 Å². The largest absolute Gasteiger partial charge is 0.497 e. The number of rotatable bonds is 7. The first kappa shape index (κ1) is 15.0. The van der Waals surface area contributed by atoms with Crippen LogP contribution in [0, 0.1) is 0 Å². The summed E-state index contributed by atoms with van der Waals surface area (Å²) < 4.78 is 10.7. The molecule has 112 valence electrons. The van der Waals surface area contributed by atoms with E-state index in [2.05, 4.69) is 15.5 Å². The summed E-state index contributed by atoms with van der Waals surface area (Å²) >= 11 is 0. The predicted molar refractivity (Wildman–Crippen MR) is 77.9 cm³/mol. The average molecular weight is 289 g/mol. The Labute approximate surface area is 123 Å². The molecule has 0 aliphatic heterocycles. The minimum absolute atomic E-state index is 0.0463. The number of carbonyl (C=O) groups is 1. The Kier molecular flexibility index (Phi) is 5.31. The van der Waals surface area contributed by atoms with Gasteiger partial charge in [-0.2, -0.15) is 0 Å². The maximum absolute atomic E-state index is 11.3. The Balaban J connectivity index is 1.93. The van der Waals surface area contributed by atoms with Crippen molar-refractivity contribution >= 4 is 5.91 Å². The lowest BCUT2D eigenvalue weighted by molar-refractivity contribution is -0.121. The molecule has 21 heavy (non-hydrogen) atoms. The SMILES string of the molecule is CCCC(=O)NCCc1nnc(-c2cccc(OC)c2)o1. The Morgan fingerprint density at radius 3 is 3.00 bits per heavy atom. The molecule has 0 spiro atoms. The topological polar surface area (TPSA) is 77.2 Å². The second-order valence-corrected chi connectivity index (χ2v) is 4.58. The zero-order valence-electron chi connectivity index (χ0n) is 12.3. The Hall–Kier alpha value is -2.37. The molecule has 1 aromatic heterocycles. The lowest BCUT2D eigenvalue weighted by Gasteiger charge is -2.01. The van der Waals surface area contributed by atoms with Crippen LogP contribution in [-0.2, 0) is 11.2 Å². The second kappa shape index (κ2) is 7.42. The molecular formula is C15H19N3O3. The minimum atomic E-state index is 0.0463. The molecule has 1 N–H and O–H groups in total. The van der Waals surface area contributed by atoms with Gasteiger partial charge in [-0.25, -0.2) is 0 Å². The first-order valence-electron chi connectivity index (χ1n) is 6.96. The lowest BCUT2D eigenvalue weighted by Crippen LogP contribution is -2.25. The monoisotopic (exact) mass is 289 g/mol. The number of carbonyl (C=O) groups excluding carboxylic acids is 1. The molecule has 1 amide bonds. The zero-order chi connectivity index (χ0) is 15.1. The van der Waals surface area contributed by atoms with Crippen LogP contribution in [0.5, 0.6) is 5.75 Å². The van der Waals surface area contributed by atoms with Crippen molar-refractivity contribution in [3.63, 3.8) is 0 Å². The standard InChI is InChI=1S/C15H19N3O3/c1-3-5-13(19)16-9-8-14-17-18-15(21-14)11-6-4-7-12(10-11)20-2/h4,6-7,10H,3,5,8-9H2,1-2H3,(H,16,19). The van der Waals surface area contributed by atoms with Crippen molar-refractivity contribution < 1.29 is 13.9 Å². The number of hydrogen-bond donors (Lipinski definition) is 1. The van der Waals surface area contributed by atoms with E-state index in [1.54, 1.807) is 7.11 Å². The minimum Gasteiger partial charge on any atom is -0.497 e. The van der Waals surface area contributed by atoms with Gasteiger partial charge >= 0.3 is 0 Å². The van der Waals surface area contributed by atoms with Crippen molar-refractivity contribution in [1.82, 2.24) is 15.5 Å². The fraction of sp³-hybridized carbons (Fsp3) is 0.400. The number of hydrogen-bond acceptors (Lipinski definition) is 5. The summed E-state index contributed by atoms with van der Waals surface area (Å²) in [6.45, 7) is 2.47. The fourth-order valence-electron chi connectivity index (χ4n) is 1.85. The van der Waals surface area contributed by atoms with Crippen LogP contribution in [0.3, 0.4) is 0 Å². The highest BCUT2D eigenvalue weighted by molar-refractivity contribution is 5.75. The molecule has 0 bridgehead atoms. The summed E-state index contributed by atoms with van der Waals surface area (Å²) in [7, 11) is 1.61. The Morgan fingerprint density at radius 1 is 1.38 bits per heavy atom. The van der Waals surface area contributed by atoms with E-state index in [1.807, 2.05) is 31.2 Å². The van der Waals surface area contributed by atoms with Gasteiger partial charge in [-0.1, -0.05) is 13.0 Å². The molecule has 0 aliphatic rings. The van der Waals surface area contributed by atoms with E-state index in [-0.39, 0.29) is 5.91 Å². The van der Waals surface area contributed by atoms with Crippen LogP contribution in [0.1, 0.15) is 25.7 Å². The molecule has 1 aromatic carbocycles. The number of nitrogens with one attached hydrogen (secondary N) is 1. The van der Waals surface area contributed by atoms with Crippen LogP contribution in [0.15, 0.2) is 28.7 Å². The van der Waals surface area contributed by atoms with Crippen LogP contribution >= 0.6 is 0 Å². The highest BCUT2D eigenvalue weighted by Crippen LogP contribution is 2.22. The summed E-state index contributed by atoms with van der Waals surface area (Å²) in [6.07, 6.45) is 1.90. The number of aromatic nitrogens is 2. The van der Waals surface area contributed by atoms with Gasteiger partial charge in [-0.15, -0.1) is 10.2 Å². The van der Waals surface area contributed by atoms with Crippen molar-refractivity contribution in [1.29, 1.82) is 0 Å². The van der Waals surface area contributed by atoms with Gasteiger partial charge in [0.25, 0.3) is 0 Å². The molecule has 0 aliphatic carbocycles. The summed E-state index contributed by atoms with van der Waals surface area (Å²) in [4.78, 5) is 11.3. The van der Waals surface area contributed by atoms with Crippen LogP contribution in [0.4, 0.5) is 0 Å². The highest BCUT2D eigenvalue weighted by atomic mass is 16.5. The van der Waals surface area contributed by atoms with Gasteiger partial charge in [0.15, 0.2) is 0 Å². The van der Waals surface area contributed by atoms with Crippen LogP contribution in [-0.4, -0.2) is 29.8 Å². The van der Waals surface area contributed by atoms with E-state index >= 15 is 0 Å². The van der Waals surface area contributed by atoms with Gasteiger partial charge in [-0.05, 0) is 24.6 Å². The summed E-state index contributed by atoms with van der Waals surface area (Å²) in [5.74, 6) is 1.73. The van der Waals surface area contributed by atoms with Gasteiger partial charge < -0.3 is 14.5 Å². The normalized spacial score (nSPS) is 10.4. The molecule has 0 saturated heterocycles. The molecular weight excluding hydrogens is 270 g/mol. The average Bonchev–Trinajstić information content (AvgIpc) is 2.96. The predicted octanol–water partition coefficient (Wildman–Crippen LogP) is 2.20. The fourth-order valence-corrected chi connectivity index (χ4v) is 1.85. The third kappa shape index (κ3) is 4.30. The van der Waals surface area contributed by atoms with E-state index in [9.17, 15) is 4.79 Å². The maximum Gasteiger partial charge on any atom is 0.247 e. The summed E-state index contributed by atoms with van der Waals surface area (Å²) in [5.41, 5.74) is 0.808. The second-order valence-electron chi connectivity index (χ2n) is 4.58. The number of nitrogens with zero attached hydrogens (tertiary/aromatic N) is 2. The van der Waals surface area contributed by atoms with Gasteiger partial charge in [-0.3, -0.25) is 4.79 Å². The van der Waals surface area contributed by atoms with Crippen molar-refractivity contribution in [2.45, 2.75) is 26.2 Å². The maximum atomic E-state index is 11.3. The summed E-state index contributed by atoms with van der Waals surface area (Å²) in [6, 6.07) is 7.43. The van der Waals surface area contributed by atoms with E-state index in [4.69, 9.17) is 9.15 Å². The molecule has 1 heterocycles. The number of ether oxygens (including phenoxy) is 1. The van der Waals surface area contributed by atoms with Crippen molar-refractivity contribution in [2.75, 3.05) is 13.7 Å². The van der Waals surface area contributed by atoms with E-state index in [1.165, 1.54) is 0 Å². The molecule has 0 unspecified atom stereocenters. The first-order valence-corrected chi connectivity index (χ1v) is 6.96. The first-order chi connectivity index (χ1) is 10.2. The van der Waals surface area contributed by atoms with Crippen molar-refractivity contribution in [3.05, 3.63) is 30.2 Å². The Bertz CT molecular complexity index is 595. The molecule has 2 rings (SSSR count). The summed E-state index contributed by atoms with van der Waals surface area (Å²) in [5, 5.41) is 10.8. The molecule has 6 heteroatoms. The number of amides is 1. The van der Waals surface area contributed by atoms with Gasteiger partial charge in [0.2, 0.25) is 17.7 Å². The van der Waals surface area contributed by atoms with Crippen molar-refractivity contribution in [3.8, 4) is 17.2 Å². The van der Waals surface area contributed by atoms with E-state index in [0.717, 1.165) is 17.7 Å². The molecule has 6 nitrogen and oxygen atoms in total. The third-order valence-electron chi connectivity index (χ3n) is 2.92. The molecule has 0 fully saturated rings. The van der Waals surface area contributed by atoms with Crippen LogP contribution < -0.4 is 10.1 Å². The van der Waals surface area contributed by atoms with E-state index in [0.29, 0.717) is 31.2 Å². The lowest BCUT2D eigenvalue weighted by atomic mass is 10.2. The van der Waals surface area contributed by atoms with Gasteiger partial charge in [0.05, 0.1) is 7.11 Å². The number of benzene rings is 1. The molecule has 0 radical (unpaired) electrons. The molecule has 0 saturated carbocycles. The highest BCUT2D eigenvalue weighted by Gasteiger charge is 2.09. The molecule has 2 aromatic rings. The van der Waals surface area contributed by atoms with Crippen LogP contribution in [0.2, 0.25) is 0 Å². The zero-order valence-corrected chi connectivity index (χ0v) is 12.3. The van der Waals surface area contributed by atoms with Crippen molar-refractivity contribution in [2.24, 2.45) is 0 Å². The number of methoxy groups -OCH3 is 1. The third-order valence-corrected chi connectivity index (χ3v) is 2.92. The van der Waals surface area contributed by atoms with Gasteiger partial charge in [0.1, 0.15) is 5.75 Å². The smallest absolute Gasteiger partial charge is 0.247 e. The van der Waals surface area contributed by atoms with Crippen LogP contribution in [0.25, 0.3) is 11.5 Å². The van der Waals surface area contributed by atoms with Gasteiger partial charge in [0, 0.05) is 24.9 Å². The Morgan fingerprint density at radius 2 is 2.24 bits per heavy atom.